The standard InChI is InChI=1S/Ca.Fe.HSe.Zn.2H/h;;1H;;;/q+2;;;;2*-1. The van der Waals surface area contributed by atoms with E-state index in [0.717, 1.165) is 0 Å². The summed E-state index contributed by atoms with van der Waals surface area (Å²) < 4.78 is 0. The Labute approximate surface area is 92.5 Å². The van der Waals surface area contributed by atoms with Gasteiger partial charge in [-0.2, -0.15) is 0 Å². The molecule has 0 saturated heterocycles. The minimum absolute atomic E-state index is 0. The predicted octanol–water partition coefficient (Wildman–Crippen LogP) is -0.809. The average molecular weight is 243 g/mol. The first-order valence-electron chi connectivity index (χ1n) is 0. The molecule has 4 heteroatoms. The molecule has 0 heterocycles. The second kappa shape index (κ2) is 16.8. The van der Waals surface area contributed by atoms with E-state index in [2.05, 4.69) is 0 Å². The zero-order chi connectivity index (χ0) is 0. The summed E-state index contributed by atoms with van der Waals surface area (Å²) in [7, 11) is 0. The smallest absolute Gasteiger partial charge is 0 e. The molecule has 0 amide bonds. The van der Waals surface area contributed by atoms with E-state index in [9.17, 15) is 0 Å². The van der Waals surface area contributed by atoms with Gasteiger partial charge in [0.2, 0.25) is 0 Å². The van der Waals surface area contributed by atoms with Gasteiger partial charge in [0.05, 0.1) is 0 Å². The van der Waals surface area contributed by atoms with E-state index in [-0.39, 0.29) is 94.2 Å². The fourth-order valence-corrected chi connectivity index (χ4v) is 0. The van der Waals surface area contributed by atoms with Crippen LogP contribution >= 0.6 is 0 Å². The molecule has 1 radical (unpaired) electrons. The summed E-state index contributed by atoms with van der Waals surface area (Å²) in [6, 6.07) is 0. The van der Waals surface area contributed by atoms with Gasteiger partial charge in [0.25, 0.3) is 0 Å². The maximum Gasteiger partial charge on any atom is 0 e. The average Bonchev–Trinajstić information content (AvgIpc) is 0. The quantitative estimate of drug-likeness (QED) is 0.488. The molecule has 0 aromatic rings. The Bertz CT molecular complexity index is 13.5. The van der Waals surface area contributed by atoms with Gasteiger partial charge in [0.1, 0.15) is 0 Å². The van der Waals surface area contributed by atoms with Gasteiger partial charge in [-0.3, -0.25) is 0 Å². The van der Waals surface area contributed by atoms with E-state index in [0.29, 0.717) is 0 Å². The molecule has 0 saturated carbocycles. The summed E-state index contributed by atoms with van der Waals surface area (Å²) in [5, 5.41) is 0. The van der Waals surface area contributed by atoms with Gasteiger partial charge in [-0.15, -0.1) is 0 Å². The summed E-state index contributed by atoms with van der Waals surface area (Å²) in [6.45, 7) is 0. The molecule has 0 unspecified atom stereocenters. The second-order valence-corrected chi connectivity index (χ2v) is 0. The van der Waals surface area contributed by atoms with E-state index >= 15 is 0 Å². The van der Waals surface area contributed by atoms with Crippen molar-refractivity contribution in [2.75, 3.05) is 0 Å². The molecule has 0 nitrogen and oxygen atoms in total. The van der Waals surface area contributed by atoms with Gasteiger partial charge in [-0.25, -0.2) is 0 Å². The van der Waals surface area contributed by atoms with E-state index in [4.69, 9.17) is 0 Å². The Hall–Kier alpha value is 2.92. The van der Waals surface area contributed by atoms with Crippen molar-refractivity contribution in [2.45, 2.75) is 0 Å². The van der Waals surface area contributed by atoms with Crippen LogP contribution in [-0.4, -0.2) is 54.8 Å². The van der Waals surface area contributed by atoms with Crippen LogP contribution in [0, 0.1) is 0 Å². The van der Waals surface area contributed by atoms with Crippen molar-refractivity contribution in [3.05, 3.63) is 0 Å². The van der Waals surface area contributed by atoms with Crippen molar-refractivity contribution < 1.29 is 39.4 Å². The summed E-state index contributed by atoms with van der Waals surface area (Å²) in [4.78, 5) is 0. The van der Waals surface area contributed by atoms with Gasteiger partial charge in [0.15, 0.2) is 0 Å². The van der Waals surface area contributed by atoms with Gasteiger partial charge in [-0.05, 0) is 0 Å². The predicted molar refractivity (Wildman–Crippen MR) is 15.1 cm³/mol. The van der Waals surface area contributed by atoms with Crippen LogP contribution in [-0.2, 0) is 36.5 Å². The molecule has 0 bridgehead atoms. The third-order valence-corrected chi connectivity index (χ3v) is 0. The molecular formula is H3CaFeSeZn. The fourth-order valence-electron chi connectivity index (χ4n) is 0. The van der Waals surface area contributed by atoms with Crippen LogP contribution in [0.4, 0.5) is 0 Å². The molecule has 0 fully saturated rings. The van der Waals surface area contributed by atoms with Gasteiger partial charge >= 0.3 is 54.8 Å². The van der Waals surface area contributed by atoms with Crippen molar-refractivity contribution in [3.63, 3.8) is 0 Å². The summed E-state index contributed by atoms with van der Waals surface area (Å²) in [6.07, 6.45) is 0. The third kappa shape index (κ3) is 8.87. The summed E-state index contributed by atoms with van der Waals surface area (Å²) >= 11 is 0. The molecule has 0 aliphatic carbocycles. The van der Waals surface area contributed by atoms with Crippen LogP contribution in [0.15, 0.2) is 0 Å². The fraction of sp³-hybridized carbons (Fsp3) is 0. The minimum atomic E-state index is 0. The van der Waals surface area contributed by atoms with Crippen LogP contribution in [0.3, 0.4) is 0 Å². The zero-order valence-electron chi connectivity index (χ0n) is 4.21. The molecule has 21 valence electrons. The second-order valence-electron chi connectivity index (χ2n) is 0. The van der Waals surface area contributed by atoms with E-state index in [1.54, 1.807) is 0 Å². The molecule has 0 aromatic carbocycles. The SMILES string of the molecule is [Ca+2].[Fe].[H-].[H-].[SeH].[Zn]. The van der Waals surface area contributed by atoms with Crippen molar-refractivity contribution in [3.8, 4) is 0 Å². The molecule has 0 aromatic heterocycles. The van der Waals surface area contributed by atoms with Gasteiger partial charge in [-0.1, -0.05) is 0 Å². The maximum absolute atomic E-state index is 0. The molecular weight excluding hydrogens is 240 g/mol. The molecule has 0 atom stereocenters. The number of hydrogen-bond acceptors (Lipinski definition) is 0. The third-order valence-electron chi connectivity index (χ3n) is 0. The van der Waals surface area contributed by atoms with Crippen LogP contribution in [0.25, 0.3) is 0 Å². The van der Waals surface area contributed by atoms with Crippen molar-refractivity contribution in [2.24, 2.45) is 0 Å². The van der Waals surface area contributed by atoms with Crippen LogP contribution in [0.2, 0.25) is 0 Å². The Kier molecular flexibility index (Phi) is 119. The Morgan fingerprint density at radius 3 is 1.25 bits per heavy atom. The summed E-state index contributed by atoms with van der Waals surface area (Å²) in [5.41, 5.74) is 0. The maximum atomic E-state index is 0. The van der Waals surface area contributed by atoms with Crippen molar-refractivity contribution in [1.82, 2.24) is 0 Å². The van der Waals surface area contributed by atoms with Gasteiger partial charge in [0, 0.05) is 36.5 Å². The first-order chi connectivity index (χ1) is 0. The number of hydrogen-bond donors (Lipinski definition) is 0. The molecule has 0 aliphatic rings. The van der Waals surface area contributed by atoms with Crippen LogP contribution in [0.5, 0.6) is 0 Å². The van der Waals surface area contributed by atoms with Crippen molar-refractivity contribution in [1.29, 1.82) is 0 Å². The molecule has 0 aliphatic heterocycles. The molecule has 0 N–H and O–H groups in total. The zero-order valence-corrected chi connectivity index (χ0v) is 10.4. The van der Waals surface area contributed by atoms with Crippen LogP contribution in [0.1, 0.15) is 2.85 Å². The molecule has 0 spiro atoms. The first kappa shape index (κ1) is 28.4. The molecule has 0 rings (SSSR count). The van der Waals surface area contributed by atoms with E-state index in [1.165, 1.54) is 0 Å². The monoisotopic (exact) mass is 243 g/mol. The van der Waals surface area contributed by atoms with Crippen molar-refractivity contribution >= 4 is 54.8 Å². The Balaban J connectivity index is 0. The number of rotatable bonds is 0. The Morgan fingerprint density at radius 1 is 1.25 bits per heavy atom. The summed E-state index contributed by atoms with van der Waals surface area (Å²) in [5.74, 6) is 0. The normalized spacial score (nSPS) is 0. The molecule has 4 heavy (non-hydrogen) atoms. The van der Waals surface area contributed by atoms with E-state index < -0.39 is 0 Å². The largest absolute Gasteiger partial charge is 0 e. The topological polar surface area (TPSA) is 0 Å². The Morgan fingerprint density at radius 2 is 1.25 bits per heavy atom. The minimum Gasteiger partial charge on any atom is 0 e. The van der Waals surface area contributed by atoms with Gasteiger partial charge < -0.3 is 2.85 Å². The van der Waals surface area contributed by atoms with E-state index in [1.807, 2.05) is 0 Å². The first-order valence-corrected chi connectivity index (χ1v) is 0. The van der Waals surface area contributed by atoms with Crippen LogP contribution < -0.4 is 0 Å².